The Morgan fingerprint density at radius 2 is 1.32 bits per heavy atom. The molecule has 0 aliphatic carbocycles. The molecule has 9 nitrogen and oxygen atoms in total. The molecular weight excluding hydrogens is 260 g/mol. The number of aliphatic hydroxyl groups excluding tert-OH is 1. The molecule has 8 N–H and O–H groups in total. The van der Waals surface area contributed by atoms with E-state index in [0.29, 0.717) is 6.42 Å². The summed E-state index contributed by atoms with van der Waals surface area (Å²) < 4.78 is 0. The van der Waals surface area contributed by atoms with Crippen molar-refractivity contribution in [3.8, 4) is 0 Å². The van der Waals surface area contributed by atoms with Gasteiger partial charge in [0.15, 0.2) is 0 Å². The molecule has 112 valence electrons. The van der Waals surface area contributed by atoms with Crippen LogP contribution >= 0.6 is 0 Å². The third kappa shape index (κ3) is 14.2. The number of carboxylic acids is 3. The first-order valence-electron chi connectivity index (χ1n) is 5.51. The molecule has 0 heterocycles. The predicted octanol–water partition coefficient (Wildman–Crippen LogP) is -1.57. The van der Waals surface area contributed by atoms with Crippen LogP contribution in [0.4, 0.5) is 0 Å². The molecule has 2 atom stereocenters. The molecule has 0 fully saturated rings. The van der Waals surface area contributed by atoms with Crippen LogP contribution in [0, 0.1) is 0 Å². The molecule has 0 saturated carbocycles. The van der Waals surface area contributed by atoms with Gasteiger partial charge in [0.05, 0.1) is 0 Å². The van der Waals surface area contributed by atoms with Gasteiger partial charge in [-0.25, -0.2) is 0 Å². The first-order valence-corrected chi connectivity index (χ1v) is 5.51. The Balaban J connectivity index is 0. The van der Waals surface area contributed by atoms with Gasteiger partial charge in [-0.15, -0.1) is 0 Å². The van der Waals surface area contributed by atoms with Crippen molar-refractivity contribution in [3.63, 3.8) is 0 Å². The summed E-state index contributed by atoms with van der Waals surface area (Å²) >= 11 is 0. The maximum absolute atomic E-state index is 10.1. The van der Waals surface area contributed by atoms with Crippen LogP contribution in [0.15, 0.2) is 0 Å². The van der Waals surface area contributed by atoms with Crippen molar-refractivity contribution < 1.29 is 34.8 Å². The van der Waals surface area contributed by atoms with Crippen molar-refractivity contribution in [2.24, 2.45) is 11.5 Å². The fourth-order valence-corrected chi connectivity index (χ4v) is 0.859. The van der Waals surface area contributed by atoms with Gasteiger partial charge in [0, 0.05) is 13.0 Å². The van der Waals surface area contributed by atoms with Crippen molar-refractivity contribution in [2.45, 2.75) is 37.8 Å². The molecule has 0 radical (unpaired) electrons. The van der Waals surface area contributed by atoms with Crippen LogP contribution in [-0.2, 0) is 14.4 Å². The number of carboxylic acid groups (broad SMARTS) is 3. The number of aliphatic hydroxyl groups is 1. The monoisotopic (exact) mass is 280 g/mol. The Morgan fingerprint density at radius 1 is 0.895 bits per heavy atom. The third-order valence-electron chi connectivity index (χ3n) is 1.98. The molecule has 0 unspecified atom stereocenters. The summed E-state index contributed by atoms with van der Waals surface area (Å²) in [5.41, 5.74) is 10.1. The highest BCUT2D eigenvalue weighted by Gasteiger charge is 2.11. The smallest absolute Gasteiger partial charge is 0.320 e. The van der Waals surface area contributed by atoms with Gasteiger partial charge in [-0.05, 0) is 19.3 Å². The van der Waals surface area contributed by atoms with Gasteiger partial charge in [0.2, 0.25) is 0 Å². The summed E-state index contributed by atoms with van der Waals surface area (Å²) in [5, 5.41) is 32.7. The Bertz CT molecular complexity index is 296. The minimum Gasteiger partial charge on any atom is -0.481 e. The van der Waals surface area contributed by atoms with Gasteiger partial charge in [0.1, 0.15) is 12.1 Å². The summed E-state index contributed by atoms with van der Waals surface area (Å²) in [6, 6.07) is -1.85. The van der Waals surface area contributed by atoms with E-state index in [1.165, 1.54) is 0 Å². The van der Waals surface area contributed by atoms with Crippen LogP contribution in [0.2, 0.25) is 0 Å². The molecule has 0 rings (SSSR count). The summed E-state index contributed by atoms with van der Waals surface area (Å²) in [5.74, 6) is -3.09. The average Bonchev–Trinajstić information content (AvgIpc) is 2.29. The molecule has 0 aliphatic rings. The lowest BCUT2D eigenvalue weighted by atomic mass is 10.1. The zero-order valence-corrected chi connectivity index (χ0v) is 10.4. The van der Waals surface area contributed by atoms with E-state index < -0.39 is 30.0 Å². The van der Waals surface area contributed by atoms with E-state index >= 15 is 0 Å². The zero-order valence-electron chi connectivity index (χ0n) is 10.4. The van der Waals surface area contributed by atoms with Gasteiger partial charge in [-0.3, -0.25) is 14.4 Å². The molecule has 0 aromatic rings. The van der Waals surface area contributed by atoms with Gasteiger partial charge in [0.25, 0.3) is 0 Å². The summed E-state index contributed by atoms with van der Waals surface area (Å²) in [4.78, 5) is 29.9. The molecule has 0 aromatic heterocycles. The van der Waals surface area contributed by atoms with Crippen LogP contribution in [0.3, 0.4) is 0 Å². The standard InChI is InChI=1S/C6H11NO4.C4H9NO3/c7-4(6(10)11)2-1-3-5(8)9;5-3(1-2-6)4(7)8/h4H,1-3,7H2,(H,8,9)(H,10,11);3,6H,1-2,5H2,(H,7,8)/t4-;3-/m00/s1. The first kappa shape index (κ1) is 19.6. The van der Waals surface area contributed by atoms with Crippen molar-refractivity contribution >= 4 is 17.9 Å². The topological polar surface area (TPSA) is 184 Å². The minimum absolute atomic E-state index is 0.0268. The van der Waals surface area contributed by atoms with Gasteiger partial charge >= 0.3 is 17.9 Å². The largest absolute Gasteiger partial charge is 0.481 e. The van der Waals surface area contributed by atoms with E-state index in [9.17, 15) is 14.4 Å². The van der Waals surface area contributed by atoms with Crippen molar-refractivity contribution in [2.75, 3.05) is 6.61 Å². The Morgan fingerprint density at radius 3 is 1.58 bits per heavy atom. The van der Waals surface area contributed by atoms with Gasteiger partial charge in [-0.2, -0.15) is 0 Å². The molecule has 0 spiro atoms. The average molecular weight is 280 g/mol. The van der Waals surface area contributed by atoms with Crippen molar-refractivity contribution in [1.82, 2.24) is 0 Å². The van der Waals surface area contributed by atoms with Gasteiger partial charge in [-0.1, -0.05) is 0 Å². The van der Waals surface area contributed by atoms with E-state index in [1.807, 2.05) is 0 Å². The second-order valence-electron chi connectivity index (χ2n) is 3.69. The van der Waals surface area contributed by atoms with Crippen molar-refractivity contribution in [3.05, 3.63) is 0 Å². The molecule has 19 heavy (non-hydrogen) atoms. The molecule has 0 saturated heterocycles. The van der Waals surface area contributed by atoms with E-state index in [-0.39, 0.29) is 25.9 Å². The quantitative estimate of drug-likeness (QED) is 0.305. The fourth-order valence-electron chi connectivity index (χ4n) is 0.859. The molecule has 0 aliphatic heterocycles. The Hall–Kier alpha value is -1.71. The first-order chi connectivity index (χ1) is 8.72. The minimum atomic E-state index is -1.09. The molecule has 0 aromatic carbocycles. The number of hydrogen-bond donors (Lipinski definition) is 6. The summed E-state index contributed by atoms with van der Waals surface area (Å²) in [7, 11) is 0. The number of aliphatic carboxylic acids is 3. The number of nitrogens with two attached hydrogens (primary N) is 2. The number of rotatable bonds is 8. The van der Waals surface area contributed by atoms with Crippen LogP contribution in [0.1, 0.15) is 25.7 Å². The highest BCUT2D eigenvalue weighted by molar-refractivity contribution is 5.73. The Kier molecular flexibility index (Phi) is 11.8. The molecule has 9 heteroatoms. The normalized spacial score (nSPS) is 12.8. The number of carbonyl (C=O) groups is 3. The van der Waals surface area contributed by atoms with Crippen LogP contribution < -0.4 is 11.5 Å². The zero-order chi connectivity index (χ0) is 15.4. The summed E-state index contributed by atoms with van der Waals surface area (Å²) in [6.45, 7) is -0.173. The van der Waals surface area contributed by atoms with Crippen molar-refractivity contribution in [1.29, 1.82) is 0 Å². The van der Waals surface area contributed by atoms with Gasteiger partial charge < -0.3 is 31.9 Å². The molecule has 0 amide bonds. The van der Waals surface area contributed by atoms with Crippen LogP contribution in [0.25, 0.3) is 0 Å². The Labute approximate surface area is 109 Å². The van der Waals surface area contributed by atoms with E-state index in [4.69, 9.17) is 31.9 Å². The maximum atomic E-state index is 10.1. The van der Waals surface area contributed by atoms with Crippen LogP contribution in [-0.4, -0.2) is 57.0 Å². The fraction of sp³-hybridized carbons (Fsp3) is 0.700. The highest BCUT2D eigenvalue weighted by Crippen LogP contribution is 1.98. The lowest BCUT2D eigenvalue weighted by Gasteiger charge is -2.02. The second-order valence-corrected chi connectivity index (χ2v) is 3.69. The van der Waals surface area contributed by atoms with E-state index in [2.05, 4.69) is 0 Å². The van der Waals surface area contributed by atoms with E-state index in [0.717, 1.165) is 0 Å². The molecular formula is C10H20N2O7. The highest BCUT2D eigenvalue weighted by atomic mass is 16.4. The lowest BCUT2D eigenvalue weighted by molar-refractivity contribution is -0.140. The second kappa shape index (κ2) is 11.4. The lowest BCUT2D eigenvalue weighted by Crippen LogP contribution is -2.30. The van der Waals surface area contributed by atoms with Crippen LogP contribution in [0.5, 0.6) is 0 Å². The van der Waals surface area contributed by atoms with E-state index in [1.54, 1.807) is 0 Å². The molecule has 0 bridgehead atoms. The SMILES string of the molecule is N[C@@H](CCCC(=O)O)C(=O)O.N[C@@H](CCO)C(=O)O. The third-order valence-corrected chi connectivity index (χ3v) is 1.98. The number of hydrogen-bond acceptors (Lipinski definition) is 6. The predicted molar refractivity (Wildman–Crippen MR) is 64.4 cm³/mol. The maximum Gasteiger partial charge on any atom is 0.320 e. The summed E-state index contributed by atoms with van der Waals surface area (Å²) in [6.07, 6.45) is 0.612.